The molecule has 2 unspecified atom stereocenters. The number of methoxy groups -OCH3 is 16. The van der Waals surface area contributed by atoms with Gasteiger partial charge in [-0.3, -0.25) is 0 Å². The second-order valence-corrected chi connectivity index (χ2v) is 23.3. The predicted molar refractivity (Wildman–Crippen MR) is 399 cm³/mol. The van der Waals surface area contributed by atoms with Crippen molar-refractivity contribution in [3.05, 3.63) is 190 Å². The van der Waals surface area contributed by atoms with Gasteiger partial charge in [-0.2, -0.15) is 0 Å². The lowest BCUT2D eigenvalue weighted by molar-refractivity contribution is -0.0753. The minimum Gasteiger partial charge on any atom is -0.496 e. The van der Waals surface area contributed by atoms with Gasteiger partial charge in [0, 0.05) is 0 Å². The van der Waals surface area contributed by atoms with Gasteiger partial charge < -0.3 is 114 Å². The molecule has 8 aromatic rings. The first-order chi connectivity index (χ1) is 54.6. The summed E-state index contributed by atoms with van der Waals surface area (Å²) in [6, 6.07) is 36.2. The van der Waals surface area contributed by atoms with E-state index >= 15 is 0 Å². The lowest BCUT2D eigenvalue weighted by atomic mass is 9.92. The normalized spacial score (nSPS) is 11.1. The van der Waals surface area contributed by atoms with Crippen molar-refractivity contribution in [3.8, 4) is 92.0 Å². The first kappa shape index (κ1) is 86.6. The molecule has 0 spiro atoms. The van der Waals surface area contributed by atoms with Crippen LogP contribution in [0, 0.1) is 5.41 Å². The van der Waals surface area contributed by atoms with Gasteiger partial charge in [0.2, 0.25) is 23.0 Å². The van der Waals surface area contributed by atoms with Crippen molar-refractivity contribution < 1.29 is 152 Å². The molecule has 0 bridgehead atoms. The van der Waals surface area contributed by atoms with Gasteiger partial charge in [0.25, 0.3) is 0 Å². The molecule has 0 fully saturated rings. The SMILES string of the molecule is COc1cc(C(=O)OCC(OC(=O)c2cc(OC)c(OC)c(OC)c2)C(COC(=O)c2cc(OC)c(OC)c(OC)c2)OC(=O)c2cc(OC)c(OC)c(OC)c2)cc(OC)c1OC.COc1ccccc1C(=O)OCC(COC(=O)c1ccccc1OC)(COC(=O)c1ccccc1OC)COC(=O)c1ccccc1OC. The zero-order chi connectivity index (χ0) is 82.3. The van der Waals surface area contributed by atoms with Gasteiger partial charge in [-0.15, -0.1) is 0 Å². The van der Waals surface area contributed by atoms with Crippen molar-refractivity contribution in [2.24, 2.45) is 5.41 Å². The van der Waals surface area contributed by atoms with Crippen molar-refractivity contribution in [2.45, 2.75) is 12.2 Å². The monoisotopic (exact) mass is 1570 g/mol. The Morgan fingerprint density at radius 1 is 0.230 bits per heavy atom. The van der Waals surface area contributed by atoms with E-state index in [1.165, 1.54) is 187 Å². The molecule has 0 N–H and O–H groups in total. The third-order valence-electron chi connectivity index (χ3n) is 16.6. The number of esters is 8. The summed E-state index contributed by atoms with van der Waals surface area (Å²) in [5.41, 5.74) is -1.55. The Labute approximate surface area is 650 Å². The Hall–Kier alpha value is -13.7. The first-order valence-corrected chi connectivity index (χ1v) is 33.8. The zero-order valence-corrected chi connectivity index (χ0v) is 64.8. The number of para-hydroxylation sites is 4. The van der Waals surface area contributed by atoms with E-state index in [2.05, 4.69) is 0 Å². The van der Waals surface area contributed by atoms with E-state index in [1.807, 2.05) is 0 Å². The topological polar surface area (TPSA) is 358 Å². The molecular formula is C81H86O32. The quantitative estimate of drug-likeness (QED) is 0.0255. The van der Waals surface area contributed by atoms with E-state index in [1.54, 1.807) is 72.8 Å². The van der Waals surface area contributed by atoms with E-state index in [0.717, 1.165) is 0 Å². The fourth-order valence-corrected chi connectivity index (χ4v) is 10.8. The number of rotatable bonds is 39. The molecule has 0 amide bonds. The van der Waals surface area contributed by atoms with Crippen LogP contribution in [0.3, 0.4) is 0 Å². The van der Waals surface area contributed by atoms with Crippen LogP contribution in [-0.2, 0) is 37.9 Å². The second kappa shape index (κ2) is 42.3. The molecule has 0 aromatic heterocycles. The van der Waals surface area contributed by atoms with Crippen molar-refractivity contribution in [1.82, 2.24) is 0 Å². The van der Waals surface area contributed by atoms with Gasteiger partial charge in [0.1, 0.15) is 90.3 Å². The van der Waals surface area contributed by atoms with Crippen LogP contribution in [0.4, 0.5) is 0 Å². The Morgan fingerprint density at radius 3 is 0.602 bits per heavy atom. The highest BCUT2D eigenvalue weighted by Crippen LogP contribution is 2.43. The molecule has 0 aliphatic heterocycles. The second-order valence-electron chi connectivity index (χ2n) is 23.3. The molecule has 113 heavy (non-hydrogen) atoms. The highest BCUT2D eigenvalue weighted by atomic mass is 16.6. The van der Waals surface area contributed by atoms with Crippen LogP contribution in [0.1, 0.15) is 82.9 Å². The maximum absolute atomic E-state index is 14.1. The van der Waals surface area contributed by atoms with Crippen molar-refractivity contribution in [2.75, 3.05) is 153 Å². The van der Waals surface area contributed by atoms with Gasteiger partial charge in [-0.05, 0) is 97.1 Å². The standard InChI is InChI=1S/C44H50O20.C37H36O12/c1-49-27-13-23(14-28(50-2)37(27)57-9)41(45)61-21-35(63-43(47)25-17-31(53-5)39(59-11)32(18-25)54-6)36(64-44(48)26-19-33(55-7)40(60-12)34(20-26)56-8)22-62-42(46)24-15-29(51-3)38(58-10)30(16-24)52-4;1-42-29-17-9-5-13-25(29)33(38)46-21-37(22-47-34(39)26-14-6-10-18-30(26)43-2,23-48-35(40)27-15-7-11-19-31(27)44-3)24-49-36(41)28-16-8-12-20-32(28)45-4/h13-20,35-36H,21-22H2,1-12H3;5-20H,21-24H2,1-4H3. The van der Waals surface area contributed by atoms with Gasteiger partial charge >= 0.3 is 47.8 Å². The molecule has 32 nitrogen and oxygen atoms in total. The van der Waals surface area contributed by atoms with E-state index in [-0.39, 0.29) is 136 Å². The fourth-order valence-electron chi connectivity index (χ4n) is 10.8. The van der Waals surface area contributed by atoms with Gasteiger partial charge in [-0.1, -0.05) is 48.5 Å². The lowest BCUT2D eigenvalue weighted by Gasteiger charge is -2.32. The molecule has 32 heteroatoms. The number of carbonyl (C=O) groups excluding carboxylic acids is 8. The number of carbonyl (C=O) groups is 8. The molecule has 0 heterocycles. The maximum Gasteiger partial charge on any atom is 0.341 e. The number of ether oxygens (including phenoxy) is 24. The summed E-state index contributed by atoms with van der Waals surface area (Å²) in [7, 11) is 22.0. The Morgan fingerprint density at radius 2 is 0.416 bits per heavy atom. The Kier molecular flexibility index (Phi) is 32.4. The summed E-state index contributed by atoms with van der Waals surface area (Å²) in [5.74, 6) is -4.45. The van der Waals surface area contributed by atoms with Crippen LogP contribution in [0.5, 0.6) is 92.0 Å². The molecule has 0 aliphatic carbocycles. The Balaban J connectivity index is 0.000000324. The van der Waals surface area contributed by atoms with Crippen LogP contribution >= 0.6 is 0 Å². The molecular weight excluding hydrogens is 1480 g/mol. The largest absolute Gasteiger partial charge is 0.496 e. The van der Waals surface area contributed by atoms with E-state index < -0.39 is 105 Å². The average molecular weight is 1570 g/mol. The van der Waals surface area contributed by atoms with Crippen molar-refractivity contribution >= 4 is 47.8 Å². The summed E-state index contributed by atoms with van der Waals surface area (Å²) in [6.07, 6.45) is -3.42. The Bertz CT molecular complexity index is 4110. The zero-order valence-electron chi connectivity index (χ0n) is 64.8. The fraction of sp³-hybridized carbons (Fsp3) is 0.309. The minimum atomic E-state index is -1.71. The number of hydrogen-bond acceptors (Lipinski definition) is 32. The summed E-state index contributed by atoms with van der Waals surface area (Å²) < 4.78 is 132. The lowest BCUT2D eigenvalue weighted by Crippen LogP contribution is -2.44. The van der Waals surface area contributed by atoms with Crippen LogP contribution in [0.25, 0.3) is 0 Å². The highest BCUT2D eigenvalue weighted by molar-refractivity contribution is 5.97. The predicted octanol–water partition coefficient (Wildman–Crippen LogP) is 10.7. The minimum absolute atomic E-state index is 0.0657. The first-order valence-electron chi connectivity index (χ1n) is 33.8. The van der Waals surface area contributed by atoms with Gasteiger partial charge in [0.05, 0.1) is 136 Å². The third kappa shape index (κ3) is 21.9. The summed E-state index contributed by atoms with van der Waals surface area (Å²) in [6.45, 7) is -3.69. The average Bonchev–Trinajstić information content (AvgIpc) is 0.832. The van der Waals surface area contributed by atoms with E-state index in [0.29, 0.717) is 0 Å². The molecule has 0 saturated carbocycles. The van der Waals surface area contributed by atoms with E-state index in [4.69, 9.17) is 114 Å². The summed E-state index contributed by atoms with van der Waals surface area (Å²) in [5, 5.41) is 0. The van der Waals surface area contributed by atoms with Crippen LogP contribution in [-0.4, -0.2) is 213 Å². The summed E-state index contributed by atoms with van der Waals surface area (Å²) >= 11 is 0. The van der Waals surface area contributed by atoms with Crippen molar-refractivity contribution in [3.63, 3.8) is 0 Å². The maximum atomic E-state index is 14.1. The smallest absolute Gasteiger partial charge is 0.341 e. The molecule has 8 aromatic carbocycles. The molecule has 0 aliphatic rings. The van der Waals surface area contributed by atoms with Crippen LogP contribution in [0.2, 0.25) is 0 Å². The molecule has 2 atom stereocenters. The van der Waals surface area contributed by atoms with Crippen LogP contribution in [0.15, 0.2) is 146 Å². The third-order valence-corrected chi connectivity index (χ3v) is 16.6. The molecule has 0 saturated heterocycles. The molecule has 602 valence electrons. The highest BCUT2D eigenvalue weighted by Gasteiger charge is 2.41. The number of benzene rings is 8. The summed E-state index contributed by atoms with van der Waals surface area (Å²) in [4.78, 5) is 109. The van der Waals surface area contributed by atoms with Crippen molar-refractivity contribution in [1.29, 1.82) is 0 Å². The van der Waals surface area contributed by atoms with E-state index in [9.17, 15) is 38.4 Å². The van der Waals surface area contributed by atoms with Crippen LogP contribution < -0.4 is 75.8 Å². The van der Waals surface area contributed by atoms with Gasteiger partial charge in [0.15, 0.2) is 58.2 Å². The van der Waals surface area contributed by atoms with Gasteiger partial charge in [-0.25, -0.2) is 38.4 Å². The number of hydrogen-bond donors (Lipinski definition) is 0. The molecule has 0 radical (unpaired) electrons. The molecule has 8 rings (SSSR count).